The Morgan fingerprint density at radius 2 is 1.43 bits per heavy atom. The number of halogens is 7. The number of carbonyl (C=O) groups is 1. The van der Waals surface area contributed by atoms with Crippen LogP contribution in [0, 0.1) is 18.3 Å². The van der Waals surface area contributed by atoms with Crippen molar-refractivity contribution in [3.05, 3.63) is 71.3 Å². The molecule has 0 unspecified atom stereocenters. The Labute approximate surface area is 166 Å². The number of hydrogen-bond acceptors (Lipinski definition) is 3. The minimum atomic E-state index is -6.70. The number of allylic oxidation sites excluding steroid dienone is 1. The fourth-order valence-corrected chi connectivity index (χ4v) is 2.36. The van der Waals surface area contributed by atoms with E-state index < -0.39 is 35.1 Å². The van der Waals surface area contributed by atoms with Crippen LogP contribution in [0.15, 0.2) is 60.2 Å². The largest absolute Gasteiger partial charge is 0.460 e. The fraction of sp³-hybridized carbons (Fsp3) is 0.200. The molecule has 30 heavy (non-hydrogen) atoms. The average Bonchev–Trinajstić information content (AvgIpc) is 2.68. The molecule has 0 aliphatic rings. The SMILES string of the molecule is Cc1ccc(NC(=C(C#N)C(=O)C(F)(F)C(F)(F)C(F)(F)F)c2ccccc2)cc1. The maximum atomic E-state index is 14.0. The fourth-order valence-electron chi connectivity index (χ4n) is 2.36. The first kappa shape index (κ1) is 22.9. The Hall–Kier alpha value is -3.35. The van der Waals surface area contributed by atoms with Gasteiger partial charge in [-0.2, -0.15) is 36.0 Å². The molecule has 0 fully saturated rings. The Morgan fingerprint density at radius 3 is 1.90 bits per heavy atom. The molecule has 2 rings (SSSR count). The maximum Gasteiger partial charge on any atom is 0.460 e. The van der Waals surface area contributed by atoms with E-state index in [4.69, 9.17) is 0 Å². The molecule has 0 atom stereocenters. The van der Waals surface area contributed by atoms with Gasteiger partial charge >= 0.3 is 18.0 Å². The minimum absolute atomic E-state index is 0.0471. The summed E-state index contributed by atoms with van der Waals surface area (Å²) in [5.74, 6) is -15.8. The van der Waals surface area contributed by atoms with Crippen molar-refractivity contribution in [1.29, 1.82) is 5.26 Å². The third-order valence-electron chi connectivity index (χ3n) is 4.01. The van der Waals surface area contributed by atoms with Gasteiger partial charge in [-0.25, -0.2) is 0 Å². The number of hydrogen-bond donors (Lipinski definition) is 1. The van der Waals surface area contributed by atoms with E-state index in [1.165, 1.54) is 42.5 Å². The summed E-state index contributed by atoms with van der Waals surface area (Å²) in [6, 6.07) is 13.9. The lowest BCUT2D eigenvalue weighted by atomic mass is 9.96. The van der Waals surface area contributed by atoms with Crippen LogP contribution in [-0.4, -0.2) is 23.8 Å². The molecule has 0 saturated heterocycles. The second kappa shape index (κ2) is 8.18. The van der Waals surface area contributed by atoms with Crippen LogP contribution >= 0.6 is 0 Å². The van der Waals surface area contributed by atoms with Crippen molar-refractivity contribution in [3.8, 4) is 6.07 Å². The van der Waals surface area contributed by atoms with Gasteiger partial charge in [-0.15, -0.1) is 0 Å². The van der Waals surface area contributed by atoms with E-state index in [9.17, 15) is 40.8 Å². The van der Waals surface area contributed by atoms with E-state index in [0.717, 1.165) is 11.6 Å². The normalized spacial score (nSPS) is 13.3. The van der Waals surface area contributed by atoms with Crippen LogP contribution in [0.4, 0.5) is 36.4 Å². The summed E-state index contributed by atoms with van der Waals surface area (Å²) in [5.41, 5.74) is -1.26. The smallest absolute Gasteiger partial charge is 0.354 e. The van der Waals surface area contributed by atoms with Crippen LogP contribution in [0.5, 0.6) is 0 Å². The number of anilines is 1. The molecule has 3 nitrogen and oxygen atoms in total. The molecule has 1 N–H and O–H groups in total. The second-order valence-corrected chi connectivity index (χ2v) is 6.19. The lowest BCUT2D eigenvalue weighted by Crippen LogP contribution is -2.56. The van der Waals surface area contributed by atoms with Gasteiger partial charge in [0.2, 0.25) is 0 Å². The number of nitriles is 1. The van der Waals surface area contributed by atoms with Gasteiger partial charge in [0.15, 0.2) is 0 Å². The van der Waals surface area contributed by atoms with E-state index in [0.29, 0.717) is 0 Å². The average molecular weight is 430 g/mol. The van der Waals surface area contributed by atoms with Crippen LogP contribution in [0.25, 0.3) is 5.70 Å². The molecule has 0 saturated carbocycles. The molecule has 0 radical (unpaired) electrons. The first-order valence-corrected chi connectivity index (χ1v) is 8.23. The maximum absolute atomic E-state index is 14.0. The number of nitrogens with one attached hydrogen (secondary N) is 1. The molecule has 10 heteroatoms. The highest BCUT2D eigenvalue weighted by molar-refractivity contribution is 6.11. The summed E-state index contributed by atoms with van der Waals surface area (Å²) < 4.78 is 92.0. The third-order valence-corrected chi connectivity index (χ3v) is 4.01. The molecular formula is C20H13F7N2O. The molecule has 0 aliphatic heterocycles. The van der Waals surface area contributed by atoms with Crippen molar-refractivity contribution >= 4 is 17.2 Å². The summed E-state index contributed by atoms with van der Waals surface area (Å²) in [7, 11) is 0. The van der Waals surface area contributed by atoms with Gasteiger partial charge in [-0.05, 0) is 24.6 Å². The molecule has 2 aromatic carbocycles. The van der Waals surface area contributed by atoms with Crippen LogP contribution in [0.3, 0.4) is 0 Å². The summed E-state index contributed by atoms with van der Waals surface area (Å²) in [6.45, 7) is 1.74. The Bertz CT molecular complexity index is 989. The van der Waals surface area contributed by atoms with Crippen molar-refractivity contribution in [2.24, 2.45) is 0 Å². The second-order valence-electron chi connectivity index (χ2n) is 6.19. The number of Topliss-reactive ketones (excluding diaryl/α,β-unsaturated/α-hetero) is 1. The number of nitrogens with zero attached hydrogens (tertiary/aromatic N) is 1. The van der Waals surface area contributed by atoms with E-state index in [1.54, 1.807) is 19.1 Å². The quantitative estimate of drug-likeness (QED) is 0.361. The van der Waals surface area contributed by atoms with E-state index in [1.807, 2.05) is 0 Å². The molecule has 0 heterocycles. The van der Waals surface area contributed by atoms with Crippen molar-refractivity contribution in [3.63, 3.8) is 0 Å². The van der Waals surface area contributed by atoms with Gasteiger partial charge in [0, 0.05) is 5.69 Å². The van der Waals surface area contributed by atoms with Gasteiger partial charge < -0.3 is 5.32 Å². The number of alkyl halides is 7. The number of aryl methyl sites for hydroxylation is 1. The van der Waals surface area contributed by atoms with E-state index in [-0.39, 0.29) is 11.3 Å². The van der Waals surface area contributed by atoms with Crippen LogP contribution in [-0.2, 0) is 4.79 Å². The number of benzene rings is 2. The van der Waals surface area contributed by atoms with Crippen molar-refractivity contribution in [2.45, 2.75) is 24.9 Å². The molecule has 0 amide bonds. The van der Waals surface area contributed by atoms with Gasteiger partial charge in [0.05, 0.1) is 5.70 Å². The number of rotatable bonds is 6. The van der Waals surface area contributed by atoms with E-state index >= 15 is 0 Å². The predicted molar refractivity (Wildman–Crippen MR) is 94.7 cm³/mol. The molecule has 2 aromatic rings. The molecule has 0 aliphatic carbocycles. The van der Waals surface area contributed by atoms with Crippen molar-refractivity contribution < 1.29 is 35.5 Å². The summed E-state index contributed by atoms with van der Waals surface area (Å²) in [4.78, 5) is 12.1. The van der Waals surface area contributed by atoms with Gasteiger partial charge in [-0.1, -0.05) is 48.0 Å². The highest BCUT2D eigenvalue weighted by atomic mass is 19.4. The Morgan fingerprint density at radius 1 is 0.900 bits per heavy atom. The zero-order valence-corrected chi connectivity index (χ0v) is 15.2. The Kier molecular flexibility index (Phi) is 6.25. The van der Waals surface area contributed by atoms with Crippen molar-refractivity contribution in [2.75, 3.05) is 5.32 Å². The topological polar surface area (TPSA) is 52.9 Å². The number of ketones is 1. The van der Waals surface area contributed by atoms with Crippen LogP contribution < -0.4 is 5.32 Å². The summed E-state index contributed by atoms with van der Waals surface area (Å²) in [6.07, 6.45) is -6.70. The summed E-state index contributed by atoms with van der Waals surface area (Å²) >= 11 is 0. The highest BCUT2D eigenvalue weighted by Gasteiger charge is 2.76. The zero-order valence-electron chi connectivity index (χ0n) is 15.2. The van der Waals surface area contributed by atoms with Crippen LogP contribution in [0.2, 0.25) is 0 Å². The first-order valence-electron chi connectivity index (χ1n) is 8.23. The zero-order chi connectivity index (χ0) is 22.7. The predicted octanol–water partition coefficient (Wildman–Crippen LogP) is 5.74. The van der Waals surface area contributed by atoms with E-state index in [2.05, 4.69) is 5.32 Å². The van der Waals surface area contributed by atoms with Crippen LogP contribution in [0.1, 0.15) is 11.1 Å². The van der Waals surface area contributed by atoms with Crippen molar-refractivity contribution in [1.82, 2.24) is 0 Å². The molecule has 0 spiro atoms. The molecule has 0 aromatic heterocycles. The Balaban J connectivity index is 2.67. The molecule has 0 bridgehead atoms. The molecule has 158 valence electrons. The minimum Gasteiger partial charge on any atom is -0.354 e. The van der Waals surface area contributed by atoms with Gasteiger partial charge in [-0.3, -0.25) is 4.79 Å². The van der Waals surface area contributed by atoms with Gasteiger partial charge in [0.1, 0.15) is 11.6 Å². The highest BCUT2D eigenvalue weighted by Crippen LogP contribution is 2.48. The first-order chi connectivity index (χ1) is 13.8. The lowest BCUT2D eigenvalue weighted by Gasteiger charge is -2.27. The van der Waals surface area contributed by atoms with Gasteiger partial charge in [0.25, 0.3) is 5.78 Å². The number of carbonyl (C=O) groups excluding carboxylic acids is 1. The monoisotopic (exact) mass is 430 g/mol. The standard InChI is InChI=1S/C20H13F7N2O/c1-12-7-9-14(10-8-12)29-16(13-5-3-2-4-6-13)15(11-28)17(30)18(21,22)19(23,24)20(25,26)27/h2-10,29H,1H3. The third kappa shape index (κ3) is 4.30. The molecular weight excluding hydrogens is 417 g/mol. The summed E-state index contributed by atoms with van der Waals surface area (Å²) in [5, 5.41) is 11.7. The lowest BCUT2D eigenvalue weighted by molar-refractivity contribution is -0.342.